The highest BCUT2D eigenvalue weighted by Gasteiger charge is 2.26. The van der Waals surface area contributed by atoms with E-state index in [0.717, 1.165) is 5.56 Å². The molecule has 1 aliphatic rings. The maximum atomic E-state index is 11.4. The molecule has 0 aromatic heterocycles. The fraction of sp³-hybridized carbons (Fsp3) is 0.333. The molecular formula is C12H11Cl2NO2. The summed E-state index contributed by atoms with van der Waals surface area (Å²) in [7, 11) is 0. The third-order valence-electron chi connectivity index (χ3n) is 2.75. The van der Waals surface area contributed by atoms with Gasteiger partial charge in [0.05, 0.1) is 23.0 Å². The number of ketones is 1. The quantitative estimate of drug-likeness (QED) is 0.792. The lowest BCUT2D eigenvalue weighted by Gasteiger charge is -2.15. The average molecular weight is 272 g/mol. The molecule has 0 radical (unpaired) electrons. The summed E-state index contributed by atoms with van der Waals surface area (Å²) in [6.07, 6.45) is 0.641. The van der Waals surface area contributed by atoms with Crippen molar-refractivity contribution in [3.05, 3.63) is 33.8 Å². The van der Waals surface area contributed by atoms with Gasteiger partial charge in [-0.25, -0.2) is 0 Å². The number of Topliss-reactive ketones (excluding diaryl/α,β-unsaturated/α-hetero) is 1. The van der Waals surface area contributed by atoms with Crippen LogP contribution in [-0.4, -0.2) is 29.7 Å². The minimum atomic E-state index is -0.104. The normalized spacial score (nSPS) is 15.8. The Morgan fingerprint density at radius 1 is 1.24 bits per heavy atom. The van der Waals surface area contributed by atoms with Gasteiger partial charge in [-0.1, -0.05) is 35.3 Å². The Kier molecular flexibility index (Phi) is 3.69. The highest BCUT2D eigenvalue weighted by Crippen LogP contribution is 2.26. The summed E-state index contributed by atoms with van der Waals surface area (Å²) in [4.78, 5) is 24.0. The minimum absolute atomic E-state index is 0.0211. The summed E-state index contributed by atoms with van der Waals surface area (Å²) in [5.41, 5.74) is 0.895. The molecule has 1 aliphatic heterocycles. The van der Waals surface area contributed by atoms with E-state index < -0.39 is 0 Å². The van der Waals surface area contributed by atoms with Crippen LogP contribution in [0.2, 0.25) is 10.0 Å². The summed E-state index contributed by atoms with van der Waals surface area (Å²) in [6, 6.07) is 5.41. The molecule has 0 atom stereocenters. The molecule has 90 valence electrons. The maximum absolute atomic E-state index is 11.4. The first-order valence-corrected chi connectivity index (χ1v) is 6.06. The van der Waals surface area contributed by atoms with Crippen LogP contribution in [0.5, 0.6) is 0 Å². The van der Waals surface area contributed by atoms with Crippen molar-refractivity contribution in [1.82, 2.24) is 4.90 Å². The van der Waals surface area contributed by atoms with Gasteiger partial charge in [-0.15, -0.1) is 0 Å². The van der Waals surface area contributed by atoms with E-state index in [4.69, 9.17) is 23.2 Å². The van der Waals surface area contributed by atoms with E-state index in [1.165, 1.54) is 0 Å². The van der Waals surface area contributed by atoms with Crippen molar-refractivity contribution < 1.29 is 9.59 Å². The number of rotatable bonds is 3. The first kappa shape index (κ1) is 12.4. The van der Waals surface area contributed by atoms with Crippen molar-refractivity contribution in [2.75, 3.05) is 13.1 Å². The molecule has 1 aromatic carbocycles. The van der Waals surface area contributed by atoms with Crippen molar-refractivity contribution in [2.45, 2.75) is 12.8 Å². The molecule has 1 heterocycles. The van der Waals surface area contributed by atoms with Crippen LogP contribution in [0.15, 0.2) is 18.2 Å². The second-order valence-corrected chi connectivity index (χ2v) is 4.78. The summed E-state index contributed by atoms with van der Waals surface area (Å²) in [6.45, 7) is 0.724. The van der Waals surface area contributed by atoms with Gasteiger partial charge < -0.3 is 4.90 Å². The topological polar surface area (TPSA) is 37.4 Å². The molecular weight excluding hydrogens is 261 g/mol. The molecule has 3 nitrogen and oxygen atoms in total. The van der Waals surface area contributed by atoms with Crippen molar-refractivity contribution >= 4 is 34.9 Å². The molecule has 1 aromatic rings. The first-order chi connectivity index (χ1) is 8.08. The number of benzene rings is 1. The van der Waals surface area contributed by atoms with E-state index in [2.05, 4.69) is 0 Å². The Hall–Kier alpha value is -1.06. The number of likely N-dealkylation sites (tertiary alicyclic amines) is 1. The van der Waals surface area contributed by atoms with Gasteiger partial charge in [0.25, 0.3) is 0 Å². The minimum Gasteiger partial charge on any atom is -0.335 e. The lowest BCUT2D eigenvalue weighted by molar-refractivity contribution is -0.127. The van der Waals surface area contributed by atoms with Crippen molar-refractivity contribution in [3.63, 3.8) is 0 Å². The van der Waals surface area contributed by atoms with Gasteiger partial charge in [-0.3, -0.25) is 9.59 Å². The van der Waals surface area contributed by atoms with Gasteiger partial charge in [0.15, 0.2) is 5.78 Å². The molecule has 1 fully saturated rings. The maximum Gasteiger partial charge on any atom is 0.230 e. The Morgan fingerprint density at radius 3 is 2.65 bits per heavy atom. The number of hydrogen-bond donors (Lipinski definition) is 0. The predicted molar refractivity (Wildman–Crippen MR) is 66.4 cm³/mol. The zero-order valence-electron chi connectivity index (χ0n) is 9.08. The molecule has 1 saturated heterocycles. The molecule has 2 rings (SSSR count). The van der Waals surface area contributed by atoms with E-state index in [1.807, 2.05) is 12.1 Å². The molecule has 1 amide bonds. The van der Waals surface area contributed by atoms with Gasteiger partial charge in [-0.05, 0) is 18.1 Å². The van der Waals surface area contributed by atoms with Crippen LogP contribution in [0.1, 0.15) is 12.0 Å². The van der Waals surface area contributed by atoms with Crippen LogP contribution in [-0.2, 0) is 16.0 Å². The summed E-state index contributed by atoms with van der Waals surface area (Å²) in [5, 5.41) is 1.03. The number of carbonyl (C=O) groups excluding carboxylic acids is 2. The smallest absolute Gasteiger partial charge is 0.230 e. The second kappa shape index (κ2) is 5.07. The SMILES string of the molecule is O=C1CC(=O)N(CCc2cccc(Cl)c2Cl)C1. The van der Waals surface area contributed by atoms with E-state index in [-0.39, 0.29) is 24.7 Å². The molecule has 0 aliphatic carbocycles. The molecule has 0 N–H and O–H groups in total. The average Bonchev–Trinajstić information content (AvgIpc) is 2.60. The van der Waals surface area contributed by atoms with E-state index >= 15 is 0 Å². The van der Waals surface area contributed by atoms with Gasteiger partial charge in [0.2, 0.25) is 5.91 Å². The fourth-order valence-electron chi connectivity index (χ4n) is 1.84. The first-order valence-electron chi connectivity index (χ1n) is 5.30. The molecule has 0 saturated carbocycles. The molecule has 0 spiro atoms. The van der Waals surface area contributed by atoms with Crippen molar-refractivity contribution in [1.29, 1.82) is 0 Å². The Balaban J connectivity index is 2.01. The molecule has 0 unspecified atom stereocenters. The van der Waals surface area contributed by atoms with Crippen LogP contribution in [0.25, 0.3) is 0 Å². The molecule has 17 heavy (non-hydrogen) atoms. The zero-order chi connectivity index (χ0) is 12.4. The third kappa shape index (κ3) is 2.79. The molecule has 0 bridgehead atoms. The summed E-state index contributed by atoms with van der Waals surface area (Å²) in [5.74, 6) is -0.125. The Morgan fingerprint density at radius 2 is 2.00 bits per heavy atom. The highest BCUT2D eigenvalue weighted by atomic mass is 35.5. The lowest BCUT2D eigenvalue weighted by Crippen LogP contribution is -2.27. The number of halogens is 2. The van der Waals surface area contributed by atoms with E-state index in [0.29, 0.717) is 23.0 Å². The Bertz CT molecular complexity index is 474. The third-order valence-corrected chi connectivity index (χ3v) is 3.61. The van der Waals surface area contributed by atoms with Gasteiger partial charge in [-0.2, -0.15) is 0 Å². The summed E-state index contributed by atoms with van der Waals surface area (Å²) >= 11 is 11.9. The fourth-order valence-corrected chi connectivity index (χ4v) is 2.25. The van der Waals surface area contributed by atoms with E-state index in [9.17, 15) is 9.59 Å². The summed E-state index contributed by atoms with van der Waals surface area (Å²) < 4.78 is 0. The van der Waals surface area contributed by atoms with Crippen LogP contribution in [0, 0.1) is 0 Å². The standard InChI is InChI=1S/C12H11Cl2NO2/c13-10-3-1-2-8(12(10)14)4-5-15-7-9(16)6-11(15)17/h1-3H,4-7H2. The largest absolute Gasteiger partial charge is 0.335 e. The second-order valence-electron chi connectivity index (χ2n) is 3.99. The lowest BCUT2D eigenvalue weighted by atomic mass is 10.1. The zero-order valence-corrected chi connectivity index (χ0v) is 10.6. The van der Waals surface area contributed by atoms with Crippen LogP contribution >= 0.6 is 23.2 Å². The molecule has 5 heteroatoms. The van der Waals surface area contributed by atoms with Crippen LogP contribution in [0.3, 0.4) is 0 Å². The van der Waals surface area contributed by atoms with E-state index in [1.54, 1.807) is 11.0 Å². The Labute approximate surface area is 109 Å². The van der Waals surface area contributed by atoms with Gasteiger partial charge in [0, 0.05) is 6.54 Å². The van der Waals surface area contributed by atoms with Gasteiger partial charge >= 0.3 is 0 Å². The predicted octanol–water partition coefficient (Wildman–Crippen LogP) is 2.34. The van der Waals surface area contributed by atoms with Crippen molar-refractivity contribution in [2.24, 2.45) is 0 Å². The number of carbonyl (C=O) groups is 2. The highest BCUT2D eigenvalue weighted by molar-refractivity contribution is 6.42. The number of nitrogens with zero attached hydrogens (tertiary/aromatic N) is 1. The number of hydrogen-bond acceptors (Lipinski definition) is 2. The van der Waals surface area contributed by atoms with Crippen LogP contribution in [0.4, 0.5) is 0 Å². The monoisotopic (exact) mass is 271 g/mol. The van der Waals surface area contributed by atoms with Gasteiger partial charge in [0.1, 0.15) is 0 Å². The van der Waals surface area contributed by atoms with Crippen LogP contribution < -0.4 is 0 Å². The number of amides is 1. The van der Waals surface area contributed by atoms with Crippen molar-refractivity contribution in [3.8, 4) is 0 Å².